The smallest absolute Gasteiger partial charge is 0.388 e. The van der Waals surface area contributed by atoms with Gasteiger partial charge in [-0.05, 0) is 24.6 Å². The van der Waals surface area contributed by atoms with Crippen molar-refractivity contribution in [2.75, 3.05) is 5.32 Å². The molecular formula is C17H14F3N7O. The zero-order chi connectivity index (χ0) is 19.7. The Morgan fingerprint density at radius 2 is 2.04 bits per heavy atom. The van der Waals surface area contributed by atoms with E-state index < -0.39 is 6.61 Å². The van der Waals surface area contributed by atoms with Crippen molar-refractivity contribution in [2.45, 2.75) is 19.6 Å². The molecular weight excluding hydrogens is 375 g/mol. The van der Waals surface area contributed by atoms with Crippen LogP contribution in [0.25, 0.3) is 11.2 Å². The van der Waals surface area contributed by atoms with Crippen molar-refractivity contribution in [2.24, 2.45) is 0 Å². The Bertz CT molecular complexity index is 1110. The van der Waals surface area contributed by atoms with Crippen LogP contribution in [-0.2, 0) is 0 Å². The summed E-state index contributed by atoms with van der Waals surface area (Å²) in [5.74, 6) is 0.0373. The van der Waals surface area contributed by atoms with Gasteiger partial charge in [0.05, 0.1) is 18.4 Å². The highest BCUT2D eigenvalue weighted by molar-refractivity contribution is 5.72. The summed E-state index contributed by atoms with van der Waals surface area (Å²) in [7, 11) is 0. The standard InChI is InChI=1S/C17H14F3N7O/c1-9(10-3-2-4-11(18)5-10)27-16-12(7-22-27)21-8-14(24-16)23-13-6-15(26-25-13)28-17(19)20/h2-9,17H,1H3,(H2,23,24,25,26)/t9-/m0/s1. The maximum atomic E-state index is 13.5. The Balaban J connectivity index is 1.62. The SMILES string of the molecule is C[C@@H](c1cccc(F)c1)n1ncc2ncc(Nc3cc(OC(F)F)[nH]n3)nc21. The van der Waals surface area contributed by atoms with Gasteiger partial charge in [0.2, 0.25) is 5.88 Å². The summed E-state index contributed by atoms with van der Waals surface area (Å²) < 4.78 is 43.9. The van der Waals surface area contributed by atoms with Crippen molar-refractivity contribution in [3.63, 3.8) is 0 Å². The number of rotatable bonds is 6. The van der Waals surface area contributed by atoms with Crippen molar-refractivity contribution in [1.82, 2.24) is 29.9 Å². The third kappa shape index (κ3) is 3.59. The van der Waals surface area contributed by atoms with E-state index in [9.17, 15) is 13.2 Å². The van der Waals surface area contributed by atoms with Crippen LogP contribution in [0.4, 0.5) is 24.8 Å². The first kappa shape index (κ1) is 17.8. The van der Waals surface area contributed by atoms with Gasteiger partial charge in [-0.15, -0.1) is 0 Å². The van der Waals surface area contributed by atoms with E-state index >= 15 is 0 Å². The first-order valence-electron chi connectivity index (χ1n) is 8.22. The molecule has 0 amide bonds. The number of benzene rings is 1. The Morgan fingerprint density at radius 1 is 1.18 bits per heavy atom. The van der Waals surface area contributed by atoms with Gasteiger partial charge in [-0.3, -0.25) is 0 Å². The van der Waals surface area contributed by atoms with Crippen molar-refractivity contribution in [3.8, 4) is 5.88 Å². The van der Waals surface area contributed by atoms with E-state index in [2.05, 4.69) is 35.3 Å². The van der Waals surface area contributed by atoms with E-state index in [1.54, 1.807) is 23.0 Å². The van der Waals surface area contributed by atoms with Gasteiger partial charge in [-0.1, -0.05) is 12.1 Å². The van der Waals surface area contributed by atoms with Gasteiger partial charge in [0.15, 0.2) is 17.3 Å². The van der Waals surface area contributed by atoms with Crippen LogP contribution >= 0.6 is 0 Å². The molecule has 0 spiro atoms. The van der Waals surface area contributed by atoms with Crippen LogP contribution in [0.5, 0.6) is 5.88 Å². The number of hydrogen-bond donors (Lipinski definition) is 2. The number of aromatic amines is 1. The minimum Gasteiger partial charge on any atom is -0.417 e. The van der Waals surface area contributed by atoms with E-state index in [0.29, 0.717) is 17.0 Å². The summed E-state index contributed by atoms with van der Waals surface area (Å²) in [5, 5.41) is 13.3. The summed E-state index contributed by atoms with van der Waals surface area (Å²) in [4.78, 5) is 8.74. The lowest BCUT2D eigenvalue weighted by Crippen LogP contribution is -2.10. The van der Waals surface area contributed by atoms with Gasteiger partial charge in [-0.2, -0.15) is 19.0 Å². The van der Waals surface area contributed by atoms with Crippen LogP contribution < -0.4 is 10.1 Å². The predicted molar refractivity (Wildman–Crippen MR) is 94.0 cm³/mol. The number of halogens is 3. The summed E-state index contributed by atoms with van der Waals surface area (Å²) in [5.41, 5.74) is 1.75. The van der Waals surface area contributed by atoms with Crippen LogP contribution in [-0.4, -0.2) is 36.6 Å². The second-order valence-electron chi connectivity index (χ2n) is 5.91. The van der Waals surface area contributed by atoms with E-state index in [-0.39, 0.29) is 23.6 Å². The van der Waals surface area contributed by atoms with E-state index in [1.165, 1.54) is 24.4 Å². The maximum Gasteiger partial charge on any atom is 0.388 e. The van der Waals surface area contributed by atoms with Gasteiger partial charge in [0.1, 0.15) is 11.3 Å². The highest BCUT2D eigenvalue weighted by Crippen LogP contribution is 2.24. The summed E-state index contributed by atoms with van der Waals surface area (Å²) in [6.07, 6.45) is 3.02. The Hall–Kier alpha value is -3.63. The molecule has 4 rings (SSSR count). The number of fused-ring (bicyclic) bond motifs is 1. The molecule has 3 heterocycles. The lowest BCUT2D eigenvalue weighted by Gasteiger charge is -2.13. The number of alkyl halides is 2. The van der Waals surface area contributed by atoms with Gasteiger partial charge in [0, 0.05) is 6.07 Å². The molecule has 0 saturated heterocycles. The lowest BCUT2D eigenvalue weighted by atomic mass is 10.1. The molecule has 0 aliphatic carbocycles. The highest BCUT2D eigenvalue weighted by Gasteiger charge is 2.16. The van der Waals surface area contributed by atoms with Crippen LogP contribution in [0.15, 0.2) is 42.7 Å². The largest absolute Gasteiger partial charge is 0.417 e. The normalized spacial score (nSPS) is 12.5. The highest BCUT2D eigenvalue weighted by atomic mass is 19.3. The summed E-state index contributed by atoms with van der Waals surface area (Å²) in [6, 6.07) is 7.21. The second kappa shape index (κ2) is 7.18. The molecule has 0 unspecified atom stereocenters. The fourth-order valence-corrected chi connectivity index (χ4v) is 2.73. The predicted octanol–water partition coefficient (Wildman–Crippen LogP) is 3.64. The van der Waals surface area contributed by atoms with Gasteiger partial charge < -0.3 is 10.1 Å². The minimum absolute atomic E-state index is 0.184. The van der Waals surface area contributed by atoms with Crippen LogP contribution in [0.2, 0.25) is 0 Å². The number of H-pyrrole nitrogens is 1. The first-order chi connectivity index (χ1) is 13.5. The molecule has 0 bridgehead atoms. The molecule has 0 saturated carbocycles. The molecule has 144 valence electrons. The average molecular weight is 389 g/mol. The Kier molecular flexibility index (Phi) is 4.55. The van der Waals surface area contributed by atoms with E-state index in [1.807, 2.05) is 6.92 Å². The quantitative estimate of drug-likeness (QED) is 0.523. The van der Waals surface area contributed by atoms with Crippen molar-refractivity contribution in [3.05, 3.63) is 54.1 Å². The Morgan fingerprint density at radius 3 is 2.82 bits per heavy atom. The zero-order valence-corrected chi connectivity index (χ0v) is 14.5. The van der Waals surface area contributed by atoms with Crippen LogP contribution in [0, 0.1) is 5.82 Å². The minimum atomic E-state index is -2.96. The molecule has 3 aromatic heterocycles. The summed E-state index contributed by atoms with van der Waals surface area (Å²) >= 11 is 0. The molecule has 0 fully saturated rings. The van der Waals surface area contributed by atoms with Crippen molar-refractivity contribution >= 4 is 22.8 Å². The lowest BCUT2D eigenvalue weighted by molar-refractivity contribution is -0.0528. The molecule has 0 aliphatic rings. The zero-order valence-electron chi connectivity index (χ0n) is 14.5. The number of hydrogen-bond acceptors (Lipinski definition) is 6. The van der Waals surface area contributed by atoms with Crippen molar-refractivity contribution < 1.29 is 17.9 Å². The number of nitrogens with zero attached hydrogens (tertiary/aromatic N) is 5. The van der Waals surface area contributed by atoms with Crippen LogP contribution in [0.3, 0.4) is 0 Å². The Labute approximate surface area is 156 Å². The molecule has 2 N–H and O–H groups in total. The van der Waals surface area contributed by atoms with Crippen LogP contribution in [0.1, 0.15) is 18.5 Å². The number of aromatic nitrogens is 6. The third-order valence-electron chi connectivity index (χ3n) is 4.03. The molecule has 1 atom stereocenters. The van der Waals surface area contributed by atoms with Gasteiger partial charge >= 0.3 is 6.61 Å². The third-order valence-corrected chi connectivity index (χ3v) is 4.03. The molecule has 1 aromatic carbocycles. The number of nitrogens with one attached hydrogen (secondary N) is 2. The molecule has 11 heteroatoms. The topological polar surface area (TPSA) is 93.5 Å². The number of ether oxygens (including phenoxy) is 1. The number of anilines is 2. The molecule has 8 nitrogen and oxygen atoms in total. The van der Waals surface area contributed by atoms with Gasteiger partial charge in [-0.25, -0.2) is 24.1 Å². The first-order valence-corrected chi connectivity index (χ1v) is 8.22. The molecule has 0 radical (unpaired) electrons. The summed E-state index contributed by atoms with van der Waals surface area (Å²) in [6.45, 7) is -1.09. The second-order valence-corrected chi connectivity index (χ2v) is 5.91. The van der Waals surface area contributed by atoms with Crippen molar-refractivity contribution in [1.29, 1.82) is 0 Å². The van der Waals surface area contributed by atoms with E-state index in [0.717, 1.165) is 5.56 Å². The molecule has 0 aliphatic heterocycles. The van der Waals surface area contributed by atoms with E-state index in [4.69, 9.17) is 0 Å². The molecule has 28 heavy (non-hydrogen) atoms. The fourth-order valence-electron chi connectivity index (χ4n) is 2.73. The molecule has 4 aromatic rings. The average Bonchev–Trinajstić information content (AvgIpc) is 3.27. The monoisotopic (exact) mass is 389 g/mol. The maximum absolute atomic E-state index is 13.5. The fraction of sp³-hybridized carbons (Fsp3) is 0.176. The van der Waals surface area contributed by atoms with Gasteiger partial charge in [0.25, 0.3) is 0 Å².